The average molecular weight is 289 g/mol. The minimum Gasteiger partial charge on any atom is -0.377 e. The molecular weight excluding hydrogens is 264 g/mol. The molecule has 1 aromatic rings. The lowest BCUT2D eigenvalue weighted by molar-refractivity contribution is 0.0281. The van der Waals surface area contributed by atoms with Crippen molar-refractivity contribution in [1.82, 2.24) is 15.2 Å². The van der Waals surface area contributed by atoms with Gasteiger partial charge in [0.1, 0.15) is 5.15 Å². The molecule has 0 aliphatic carbocycles. The highest BCUT2D eigenvalue weighted by Crippen LogP contribution is 2.22. The van der Waals surface area contributed by atoms with E-state index in [-0.39, 0.29) is 12.1 Å². The van der Waals surface area contributed by atoms with E-state index in [4.69, 9.17) is 22.2 Å². The van der Waals surface area contributed by atoms with Gasteiger partial charge in [-0.15, -0.1) is 0 Å². The lowest BCUT2D eigenvalue weighted by Gasteiger charge is -2.26. The van der Waals surface area contributed by atoms with Gasteiger partial charge < -0.3 is 4.74 Å². The van der Waals surface area contributed by atoms with E-state index in [1.165, 1.54) is 0 Å². The normalized spacial score (nSPS) is 14.6. The highest BCUT2D eigenvalue weighted by Gasteiger charge is 2.23. The molecule has 0 fully saturated rings. The zero-order valence-electron chi connectivity index (χ0n) is 12.2. The smallest absolute Gasteiger partial charge is 0.130 e. The first kappa shape index (κ1) is 16.4. The predicted octanol–water partition coefficient (Wildman–Crippen LogP) is 1.96. The van der Waals surface area contributed by atoms with Gasteiger partial charge in [-0.05, 0) is 26.7 Å². The van der Waals surface area contributed by atoms with Crippen LogP contribution in [0.2, 0.25) is 5.15 Å². The SMILES string of the molecule is CCCC(OCC)C(Cc1c(C)nn(C)c1Cl)NN. The molecular formula is C13H25ClN4O. The third-order valence-corrected chi connectivity index (χ3v) is 3.78. The van der Waals surface area contributed by atoms with Crippen LogP contribution in [0.25, 0.3) is 0 Å². The lowest BCUT2D eigenvalue weighted by atomic mass is 9.99. The van der Waals surface area contributed by atoms with Gasteiger partial charge in [0.2, 0.25) is 0 Å². The Kier molecular flexibility index (Phi) is 6.79. The second-order valence-electron chi connectivity index (χ2n) is 4.74. The topological polar surface area (TPSA) is 65.1 Å². The van der Waals surface area contributed by atoms with Gasteiger partial charge >= 0.3 is 0 Å². The van der Waals surface area contributed by atoms with Crippen LogP contribution in [0, 0.1) is 6.92 Å². The van der Waals surface area contributed by atoms with Crippen molar-refractivity contribution in [3.8, 4) is 0 Å². The van der Waals surface area contributed by atoms with Gasteiger partial charge in [0.25, 0.3) is 0 Å². The van der Waals surface area contributed by atoms with Crippen molar-refractivity contribution in [3.05, 3.63) is 16.4 Å². The first-order valence-electron chi connectivity index (χ1n) is 6.80. The van der Waals surface area contributed by atoms with Crippen LogP contribution in [-0.2, 0) is 18.2 Å². The minimum atomic E-state index is 0.0419. The molecule has 0 saturated carbocycles. The zero-order valence-corrected chi connectivity index (χ0v) is 13.0. The summed E-state index contributed by atoms with van der Waals surface area (Å²) in [4.78, 5) is 0. The van der Waals surface area contributed by atoms with Gasteiger partial charge in [-0.25, -0.2) is 0 Å². The fourth-order valence-corrected chi connectivity index (χ4v) is 2.57. The number of aromatic nitrogens is 2. The summed E-state index contributed by atoms with van der Waals surface area (Å²) in [7, 11) is 1.84. The van der Waals surface area contributed by atoms with Crippen LogP contribution >= 0.6 is 11.6 Å². The average Bonchev–Trinajstić information content (AvgIpc) is 2.61. The van der Waals surface area contributed by atoms with Crippen LogP contribution in [0.1, 0.15) is 37.9 Å². The van der Waals surface area contributed by atoms with Gasteiger partial charge in [0, 0.05) is 19.2 Å². The number of nitrogens with zero attached hydrogens (tertiary/aromatic N) is 2. The summed E-state index contributed by atoms with van der Waals surface area (Å²) >= 11 is 6.26. The molecule has 0 bridgehead atoms. The Labute approximate surface area is 120 Å². The van der Waals surface area contributed by atoms with E-state index in [1.807, 2.05) is 20.9 Å². The predicted molar refractivity (Wildman–Crippen MR) is 78.1 cm³/mol. The van der Waals surface area contributed by atoms with E-state index in [2.05, 4.69) is 17.4 Å². The molecule has 19 heavy (non-hydrogen) atoms. The van der Waals surface area contributed by atoms with Crippen LogP contribution in [0.15, 0.2) is 0 Å². The highest BCUT2D eigenvalue weighted by molar-refractivity contribution is 6.30. The molecule has 6 heteroatoms. The number of nitrogens with two attached hydrogens (primary N) is 1. The highest BCUT2D eigenvalue weighted by atomic mass is 35.5. The molecule has 1 rings (SSSR count). The van der Waals surface area contributed by atoms with Gasteiger partial charge in [-0.2, -0.15) is 5.10 Å². The number of nitrogens with one attached hydrogen (secondary N) is 1. The maximum atomic E-state index is 6.26. The number of hydrazine groups is 1. The Morgan fingerprint density at radius 1 is 1.47 bits per heavy atom. The molecule has 0 amide bonds. The third kappa shape index (κ3) is 4.18. The Hall–Kier alpha value is -0.620. The van der Waals surface area contributed by atoms with E-state index in [0.29, 0.717) is 11.8 Å². The molecule has 2 atom stereocenters. The van der Waals surface area contributed by atoms with Gasteiger partial charge in [0.05, 0.1) is 17.8 Å². The molecule has 0 aromatic carbocycles. The van der Waals surface area contributed by atoms with Crippen molar-refractivity contribution in [2.24, 2.45) is 12.9 Å². The lowest BCUT2D eigenvalue weighted by Crippen LogP contribution is -2.46. The summed E-state index contributed by atoms with van der Waals surface area (Å²) in [5.41, 5.74) is 4.84. The molecule has 0 spiro atoms. The van der Waals surface area contributed by atoms with Crippen molar-refractivity contribution >= 4 is 11.6 Å². The zero-order chi connectivity index (χ0) is 14.4. The number of halogens is 1. The molecule has 0 aliphatic heterocycles. The maximum Gasteiger partial charge on any atom is 0.130 e. The Balaban J connectivity index is 2.84. The fraction of sp³-hybridized carbons (Fsp3) is 0.769. The van der Waals surface area contributed by atoms with Gasteiger partial charge in [0.15, 0.2) is 0 Å². The second kappa shape index (κ2) is 7.85. The van der Waals surface area contributed by atoms with E-state index < -0.39 is 0 Å². The first-order valence-corrected chi connectivity index (χ1v) is 7.18. The molecule has 5 nitrogen and oxygen atoms in total. The third-order valence-electron chi connectivity index (χ3n) is 3.31. The summed E-state index contributed by atoms with van der Waals surface area (Å²) in [6.07, 6.45) is 2.85. The fourth-order valence-electron chi connectivity index (χ4n) is 2.32. The molecule has 1 aromatic heterocycles. The van der Waals surface area contributed by atoms with E-state index in [0.717, 1.165) is 30.5 Å². The van der Waals surface area contributed by atoms with Crippen molar-refractivity contribution < 1.29 is 4.74 Å². The number of hydrogen-bond donors (Lipinski definition) is 2. The van der Waals surface area contributed by atoms with E-state index in [9.17, 15) is 0 Å². The van der Waals surface area contributed by atoms with Crippen LogP contribution < -0.4 is 11.3 Å². The number of aryl methyl sites for hydroxylation is 2. The summed E-state index contributed by atoms with van der Waals surface area (Å²) in [5, 5.41) is 5.00. The van der Waals surface area contributed by atoms with Crippen LogP contribution in [-0.4, -0.2) is 28.5 Å². The molecule has 1 heterocycles. The molecule has 110 valence electrons. The molecule has 3 N–H and O–H groups in total. The van der Waals surface area contributed by atoms with Gasteiger partial charge in [-0.3, -0.25) is 16.0 Å². The Bertz CT molecular complexity index is 388. The van der Waals surface area contributed by atoms with E-state index >= 15 is 0 Å². The second-order valence-corrected chi connectivity index (χ2v) is 5.10. The van der Waals surface area contributed by atoms with Crippen LogP contribution in [0.5, 0.6) is 0 Å². The van der Waals surface area contributed by atoms with Crippen LogP contribution in [0.4, 0.5) is 0 Å². The first-order chi connectivity index (χ1) is 9.04. The molecule has 0 radical (unpaired) electrons. The molecule has 2 unspecified atom stereocenters. The number of hydrogen-bond acceptors (Lipinski definition) is 4. The number of ether oxygens (including phenoxy) is 1. The Morgan fingerprint density at radius 3 is 2.58 bits per heavy atom. The van der Waals surface area contributed by atoms with Crippen molar-refractivity contribution in [3.63, 3.8) is 0 Å². The Morgan fingerprint density at radius 2 is 2.16 bits per heavy atom. The van der Waals surface area contributed by atoms with E-state index in [1.54, 1.807) is 4.68 Å². The molecule has 0 saturated heterocycles. The number of rotatable bonds is 8. The van der Waals surface area contributed by atoms with Crippen molar-refractivity contribution in [2.75, 3.05) is 6.61 Å². The summed E-state index contributed by atoms with van der Waals surface area (Å²) < 4.78 is 7.47. The molecule has 0 aliphatic rings. The minimum absolute atomic E-state index is 0.0419. The summed E-state index contributed by atoms with van der Waals surface area (Å²) in [6, 6.07) is 0.0419. The standard InChI is InChI=1S/C13H25ClN4O/c1-5-7-12(19-6-2)11(16-15)8-10-9(3)17-18(4)13(10)14/h11-12,16H,5-8,15H2,1-4H3. The summed E-state index contributed by atoms with van der Waals surface area (Å²) in [6.45, 7) is 6.79. The summed E-state index contributed by atoms with van der Waals surface area (Å²) in [5.74, 6) is 5.69. The quantitative estimate of drug-likeness (QED) is 0.567. The van der Waals surface area contributed by atoms with Crippen molar-refractivity contribution in [2.45, 2.75) is 52.2 Å². The van der Waals surface area contributed by atoms with Crippen molar-refractivity contribution in [1.29, 1.82) is 0 Å². The van der Waals surface area contributed by atoms with Gasteiger partial charge in [-0.1, -0.05) is 24.9 Å². The largest absolute Gasteiger partial charge is 0.377 e. The van der Waals surface area contributed by atoms with Crippen LogP contribution in [0.3, 0.4) is 0 Å². The maximum absolute atomic E-state index is 6.26. The monoisotopic (exact) mass is 288 g/mol.